The molecule has 0 heterocycles. The predicted molar refractivity (Wildman–Crippen MR) is 83.5 cm³/mol. The highest BCUT2D eigenvalue weighted by atomic mass is 32.2. The third kappa shape index (κ3) is 6.24. The van der Waals surface area contributed by atoms with Crippen LogP contribution in [0, 0.1) is 5.82 Å². The number of hydrogen-bond acceptors (Lipinski definition) is 4. The Balaban J connectivity index is 2.63. The third-order valence-electron chi connectivity index (χ3n) is 2.87. The molecule has 0 aliphatic rings. The van der Waals surface area contributed by atoms with Crippen LogP contribution >= 0.6 is 11.8 Å². The van der Waals surface area contributed by atoms with E-state index in [1.807, 2.05) is 13.0 Å². The monoisotopic (exact) mass is 319 g/mol. The average molecular weight is 319 g/mol. The predicted octanol–water partition coefficient (Wildman–Crippen LogP) is 3.02. The molecule has 114 valence electrons. The summed E-state index contributed by atoms with van der Waals surface area (Å²) in [6.45, 7) is 4.98. The van der Waals surface area contributed by atoms with Gasteiger partial charge in [0.1, 0.15) is 15.7 Å². The fourth-order valence-electron chi connectivity index (χ4n) is 1.69. The molecular weight excluding hydrogens is 297 g/mol. The third-order valence-corrected chi connectivity index (χ3v) is 5.12. The first-order chi connectivity index (χ1) is 9.33. The van der Waals surface area contributed by atoms with Crippen molar-refractivity contribution in [2.75, 3.05) is 24.3 Å². The molecule has 20 heavy (non-hydrogen) atoms. The van der Waals surface area contributed by atoms with Gasteiger partial charge in [-0.05, 0) is 37.6 Å². The fourth-order valence-corrected chi connectivity index (χ4v) is 3.81. The largest absolute Gasteiger partial charge is 0.310 e. The van der Waals surface area contributed by atoms with Crippen LogP contribution in [0.2, 0.25) is 0 Å². The van der Waals surface area contributed by atoms with Crippen molar-refractivity contribution >= 4 is 21.6 Å². The van der Waals surface area contributed by atoms with Gasteiger partial charge < -0.3 is 5.32 Å². The van der Waals surface area contributed by atoms with Crippen molar-refractivity contribution in [1.29, 1.82) is 0 Å². The molecule has 1 aromatic carbocycles. The number of thioether (sulfide) groups is 1. The molecule has 0 amide bonds. The van der Waals surface area contributed by atoms with Gasteiger partial charge in [0.2, 0.25) is 0 Å². The van der Waals surface area contributed by atoms with Crippen LogP contribution in [0.5, 0.6) is 0 Å². The lowest BCUT2D eigenvalue weighted by Crippen LogP contribution is -2.19. The number of hydrogen-bond donors (Lipinski definition) is 1. The van der Waals surface area contributed by atoms with Crippen molar-refractivity contribution in [1.82, 2.24) is 5.32 Å². The van der Waals surface area contributed by atoms with E-state index in [-0.39, 0.29) is 17.6 Å². The van der Waals surface area contributed by atoms with E-state index in [9.17, 15) is 12.8 Å². The Labute approximate surface area is 125 Å². The van der Waals surface area contributed by atoms with Crippen LogP contribution in [0.15, 0.2) is 23.1 Å². The number of sulfone groups is 1. The second-order valence-electron chi connectivity index (χ2n) is 4.84. The van der Waals surface area contributed by atoms with Crippen molar-refractivity contribution in [2.45, 2.75) is 31.2 Å². The van der Waals surface area contributed by atoms with Crippen molar-refractivity contribution in [3.05, 3.63) is 29.6 Å². The molecule has 3 nitrogen and oxygen atoms in total. The van der Waals surface area contributed by atoms with E-state index in [0.717, 1.165) is 18.5 Å². The topological polar surface area (TPSA) is 46.2 Å². The lowest BCUT2D eigenvalue weighted by molar-refractivity contribution is 0.556. The molecule has 1 atom stereocenters. The number of nitrogens with one attached hydrogen (secondary N) is 1. The van der Waals surface area contributed by atoms with Crippen molar-refractivity contribution in [3.63, 3.8) is 0 Å². The van der Waals surface area contributed by atoms with Crippen LogP contribution < -0.4 is 5.32 Å². The molecule has 0 fully saturated rings. The van der Waals surface area contributed by atoms with Gasteiger partial charge in [-0.3, -0.25) is 0 Å². The van der Waals surface area contributed by atoms with Crippen LogP contribution in [0.4, 0.5) is 4.39 Å². The van der Waals surface area contributed by atoms with E-state index in [1.54, 1.807) is 6.07 Å². The van der Waals surface area contributed by atoms with Gasteiger partial charge in [-0.1, -0.05) is 13.0 Å². The van der Waals surface area contributed by atoms with E-state index in [1.165, 1.54) is 24.1 Å². The Morgan fingerprint density at radius 3 is 2.65 bits per heavy atom. The van der Waals surface area contributed by atoms with Crippen molar-refractivity contribution in [3.8, 4) is 0 Å². The molecule has 0 saturated carbocycles. The van der Waals surface area contributed by atoms with Gasteiger partial charge in [0.15, 0.2) is 0 Å². The number of benzene rings is 1. The summed E-state index contributed by atoms with van der Waals surface area (Å²) in [5, 5.41) is 3.31. The van der Waals surface area contributed by atoms with Crippen LogP contribution in [0.1, 0.15) is 31.9 Å². The van der Waals surface area contributed by atoms with Crippen molar-refractivity contribution < 1.29 is 12.8 Å². The van der Waals surface area contributed by atoms with E-state index in [2.05, 4.69) is 12.2 Å². The summed E-state index contributed by atoms with van der Waals surface area (Å²) in [4.78, 5) is 0.500. The van der Waals surface area contributed by atoms with Gasteiger partial charge in [-0.2, -0.15) is 0 Å². The Hall–Kier alpha value is -0.590. The van der Waals surface area contributed by atoms with E-state index in [0.29, 0.717) is 10.6 Å². The summed E-state index contributed by atoms with van der Waals surface area (Å²) in [6.07, 6.45) is 2.22. The lowest BCUT2D eigenvalue weighted by Gasteiger charge is -2.14. The molecule has 0 spiro atoms. The van der Waals surface area contributed by atoms with Crippen LogP contribution in [0.3, 0.4) is 0 Å². The summed E-state index contributed by atoms with van der Waals surface area (Å²) >= 11 is 1.24. The lowest BCUT2D eigenvalue weighted by atomic mass is 10.1. The standard InChI is InChI=1S/C14H22FNO2S2/c1-4-7-16-11(2)12-5-6-14(13(15)10-12)19-8-9-20(3,17)18/h5-6,10-11,16H,4,7-9H2,1-3H3. The first kappa shape index (κ1) is 17.5. The van der Waals surface area contributed by atoms with Gasteiger partial charge in [0.05, 0.1) is 5.75 Å². The Bertz CT molecular complexity index is 532. The van der Waals surface area contributed by atoms with Crippen molar-refractivity contribution in [2.24, 2.45) is 0 Å². The van der Waals surface area contributed by atoms with Gasteiger partial charge in [-0.25, -0.2) is 12.8 Å². The highest BCUT2D eigenvalue weighted by molar-refractivity contribution is 8.00. The van der Waals surface area contributed by atoms with Gasteiger partial charge in [-0.15, -0.1) is 11.8 Å². The first-order valence-electron chi connectivity index (χ1n) is 6.67. The summed E-state index contributed by atoms with van der Waals surface area (Å²) in [5.74, 6) is 0.151. The first-order valence-corrected chi connectivity index (χ1v) is 9.71. The fraction of sp³-hybridized carbons (Fsp3) is 0.571. The molecule has 1 rings (SSSR count). The SMILES string of the molecule is CCCNC(C)c1ccc(SCCS(C)(=O)=O)c(F)c1. The molecule has 0 aliphatic heterocycles. The highest BCUT2D eigenvalue weighted by Gasteiger charge is 2.10. The summed E-state index contributed by atoms with van der Waals surface area (Å²) in [5.41, 5.74) is 0.906. The van der Waals surface area contributed by atoms with Gasteiger partial charge in [0, 0.05) is 22.9 Å². The van der Waals surface area contributed by atoms with E-state index >= 15 is 0 Å². The molecule has 1 unspecified atom stereocenters. The van der Waals surface area contributed by atoms with Crippen LogP contribution in [-0.4, -0.2) is 32.7 Å². The molecule has 0 aromatic heterocycles. The van der Waals surface area contributed by atoms with Gasteiger partial charge in [0.25, 0.3) is 0 Å². The smallest absolute Gasteiger partial charge is 0.148 e. The Morgan fingerprint density at radius 1 is 1.40 bits per heavy atom. The zero-order valence-electron chi connectivity index (χ0n) is 12.1. The summed E-state index contributed by atoms with van der Waals surface area (Å²) in [6, 6.07) is 5.25. The normalized spacial score (nSPS) is 13.4. The van der Waals surface area contributed by atoms with E-state index < -0.39 is 9.84 Å². The zero-order chi connectivity index (χ0) is 15.2. The maximum atomic E-state index is 14.0. The molecule has 0 aliphatic carbocycles. The van der Waals surface area contributed by atoms with E-state index in [4.69, 9.17) is 0 Å². The maximum Gasteiger partial charge on any atom is 0.148 e. The molecule has 1 N–H and O–H groups in total. The molecular formula is C14H22FNO2S2. The number of rotatable bonds is 8. The Morgan fingerprint density at radius 2 is 2.10 bits per heavy atom. The molecule has 6 heteroatoms. The minimum Gasteiger partial charge on any atom is -0.310 e. The average Bonchev–Trinajstić information content (AvgIpc) is 2.36. The maximum absolute atomic E-state index is 14.0. The minimum atomic E-state index is -2.99. The zero-order valence-corrected chi connectivity index (χ0v) is 13.8. The summed E-state index contributed by atoms with van der Waals surface area (Å²) in [7, 11) is -2.99. The quantitative estimate of drug-likeness (QED) is 0.748. The summed E-state index contributed by atoms with van der Waals surface area (Å²) < 4.78 is 36.0. The Kier molecular flexibility index (Phi) is 6.99. The highest BCUT2D eigenvalue weighted by Crippen LogP contribution is 2.25. The minimum absolute atomic E-state index is 0.0628. The number of halogens is 1. The van der Waals surface area contributed by atoms with Crippen LogP contribution in [-0.2, 0) is 9.84 Å². The second kappa shape index (κ2) is 8.00. The molecule has 0 saturated heterocycles. The molecule has 0 bridgehead atoms. The molecule has 0 radical (unpaired) electrons. The van der Waals surface area contributed by atoms with Crippen LogP contribution in [0.25, 0.3) is 0 Å². The molecule has 1 aromatic rings. The van der Waals surface area contributed by atoms with Gasteiger partial charge >= 0.3 is 0 Å². The second-order valence-corrected chi connectivity index (χ2v) is 8.24.